The summed E-state index contributed by atoms with van der Waals surface area (Å²) in [5, 5.41) is 28.1. The molecule has 0 saturated carbocycles. The molecule has 2 aromatic rings. The van der Waals surface area contributed by atoms with E-state index in [4.69, 9.17) is 9.26 Å². The second-order valence-corrected chi connectivity index (χ2v) is 9.02. The molecule has 2 atom stereocenters. The lowest BCUT2D eigenvalue weighted by Gasteiger charge is -2.53. The first-order chi connectivity index (χ1) is 13.3. The third kappa shape index (κ3) is 3.40. The summed E-state index contributed by atoms with van der Waals surface area (Å²) in [6.07, 6.45) is 0.994. The SMILES string of the molecule is Cc1cc(C(=O)N[C@@]2(C)CCOC3(CCN(c4nnc(C)s4)CC3)[C@@H]2O)on1. The Kier molecular flexibility index (Phi) is 4.88. The first-order valence-electron chi connectivity index (χ1n) is 9.44. The second-order valence-electron chi connectivity index (χ2n) is 7.86. The molecular formula is C18H25N5O4S. The number of nitrogens with zero attached hydrogens (tertiary/aromatic N) is 4. The van der Waals surface area contributed by atoms with Crippen molar-refractivity contribution >= 4 is 22.4 Å². The number of aryl methyl sites for hydroxylation is 2. The number of aromatic nitrogens is 3. The number of hydrogen-bond donors (Lipinski definition) is 2. The molecule has 2 aliphatic heterocycles. The van der Waals surface area contributed by atoms with E-state index >= 15 is 0 Å². The average Bonchev–Trinajstić information content (AvgIpc) is 3.29. The van der Waals surface area contributed by atoms with Gasteiger partial charge in [-0.3, -0.25) is 4.79 Å². The van der Waals surface area contributed by atoms with Crippen LogP contribution in [-0.2, 0) is 4.74 Å². The Morgan fingerprint density at radius 3 is 2.68 bits per heavy atom. The van der Waals surface area contributed by atoms with E-state index in [1.54, 1.807) is 24.3 Å². The normalized spacial score (nSPS) is 27.1. The highest BCUT2D eigenvalue weighted by molar-refractivity contribution is 7.15. The number of ether oxygens (including phenoxy) is 1. The molecule has 152 valence electrons. The predicted octanol–water partition coefficient (Wildman–Crippen LogP) is 1.45. The van der Waals surface area contributed by atoms with Crippen LogP contribution in [0.5, 0.6) is 0 Å². The molecule has 0 aromatic carbocycles. The van der Waals surface area contributed by atoms with Crippen LogP contribution in [0, 0.1) is 13.8 Å². The molecule has 0 bridgehead atoms. The number of aliphatic hydroxyl groups excluding tert-OH is 1. The highest BCUT2D eigenvalue weighted by atomic mass is 32.1. The lowest BCUT2D eigenvalue weighted by atomic mass is 9.73. The van der Waals surface area contributed by atoms with Crippen LogP contribution in [0.4, 0.5) is 5.13 Å². The van der Waals surface area contributed by atoms with Crippen molar-refractivity contribution in [1.82, 2.24) is 20.7 Å². The summed E-state index contributed by atoms with van der Waals surface area (Å²) in [7, 11) is 0. The van der Waals surface area contributed by atoms with Crippen molar-refractivity contribution in [3.8, 4) is 0 Å². The summed E-state index contributed by atoms with van der Waals surface area (Å²) in [4.78, 5) is 14.7. The van der Waals surface area contributed by atoms with Crippen LogP contribution in [-0.4, -0.2) is 63.3 Å². The van der Waals surface area contributed by atoms with Gasteiger partial charge >= 0.3 is 0 Å². The Morgan fingerprint density at radius 2 is 2.07 bits per heavy atom. The Balaban J connectivity index is 1.46. The third-order valence-electron chi connectivity index (χ3n) is 5.76. The van der Waals surface area contributed by atoms with Gasteiger partial charge in [0.1, 0.15) is 11.1 Å². The fourth-order valence-corrected chi connectivity index (χ4v) is 4.83. The van der Waals surface area contributed by atoms with Crippen molar-refractivity contribution in [2.75, 3.05) is 24.6 Å². The van der Waals surface area contributed by atoms with E-state index in [-0.39, 0.29) is 11.7 Å². The number of hydrogen-bond acceptors (Lipinski definition) is 9. The van der Waals surface area contributed by atoms with Gasteiger partial charge in [-0.25, -0.2) is 0 Å². The van der Waals surface area contributed by atoms with Crippen LogP contribution in [0.25, 0.3) is 0 Å². The Bertz CT molecular complexity index is 860. The van der Waals surface area contributed by atoms with Crippen molar-refractivity contribution in [3.05, 3.63) is 22.5 Å². The summed E-state index contributed by atoms with van der Waals surface area (Å²) < 4.78 is 11.2. The molecule has 2 N–H and O–H groups in total. The first-order valence-corrected chi connectivity index (χ1v) is 10.3. The van der Waals surface area contributed by atoms with Crippen molar-refractivity contribution in [2.45, 2.75) is 57.3 Å². The molecule has 1 spiro atoms. The number of carbonyl (C=O) groups excluding carboxylic acids is 1. The summed E-state index contributed by atoms with van der Waals surface area (Å²) in [6.45, 7) is 7.47. The van der Waals surface area contributed by atoms with E-state index in [9.17, 15) is 9.90 Å². The molecule has 0 radical (unpaired) electrons. The fraction of sp³-hybridized carbons (Fsp3) is 0.667. The standard InChI is InChI=1S/C18H25N5O4S/c1-11-10-13(27-22-11)14(24)19-17(3)6-9-26-18(15(17)25)4-7-23(8-5-18)16-21-20-12(2)28-16/h10,15,25H,4-9H2,1-3H3,(H,19,24)/t15-,17+/m1/s1. The van der Waals surface area contributed by atoms with Gasteiger partial charge in [-0.1, -0.05) is 16.5 Å². The molecule has 2 fully saturated rings. The quantitative estimate of drug-likeness (QED) is 0.786. The summed E-state index contributed by atoms with van der Waals surface area (Å²) in [5.74, 6) is -0.228. The maximum Gasteiger partial charge on any atom is 0.290 e. The van der Waals surface area contributed by atoms with Gasteiger partial charge in [0.2, 0.25) is 10.9 Å². The summed E-state index contributed by atoms with van der Waals surface area (Å²) in [5.41, 5.74) is -0.857. The first kappa shape index (κ1) is 19.3. The molecule has 2 aliphatic rings. The number of nitrogens with one attached hydrogen (secondary N) is 1. The second kappa shape index (κ2) is 7.09. The van der Waals surface area contributed by atoms with Gasteiger partial charge in [0.15, 0.2) is 0 Å². The van der Waals surface area contributed by atoms with Gasteiger partial charge in [-0.15, -0.1) is 10.2 Å². The molecule has 4 rings (SSSR count). The largest absolute Gasteiger partial charge is 0.388 e. The molecule has 0 unspecified atom stereocenters. The van der Waals surface area contributed by atoms with Gasteiger partial charge in [0.05, 0.1) is 16.8 Å². The lowest BCUT2D eigenvalue weighted by Crippen LogP contribution is -2.69. The monoisotopic (exact) mass is 407 g/mol. The summed E-state index contributed by atoms with van der Waals surface area (Å²) >= 11 is 1.56. The zero-order chi connectivity index (χ0) is 19.9. The Hall–Kier alpha value is -2.04. The number of aliphatic hydroxyl groups is 1. The summed E-state index contributed by atoms with van der Waals surface area (Å²) in [6, 6.07) is 1.59. The highest BCUT2D eigenvalue weighted by Gasteiger charge is 2.54. The van der Waals surface area contributed by atoms with Crippen LogP contribution in [0.15, 0.2) is 10.6 Å². The maximum atomic E-state index is 12.6. The maximum absolute atomic E-state index is 12.6. The van der Waals surface area contributed by atoms with Gasteiger partial charge in [-0.2, -0.15) is 0 Å². The number of amides is 1. The Labute approximate surface area is 167 Å². The number of anilines is 1. The van der Waals surface area contributed by atoms with E-state index in [0.29, 0.717) is 31.6 Å². The molecule has 9 nitrogen and oxygen atoms in total. The zero-order valence-corrected chi connectivity index (χ0v) is 17.1. The van der Waals surface area contributed by atoms with Gasteiger partial charge in [0.25, 0.3) is 5.91 Å². The van der Waals surface area contributed by atoms with E-state index in [1.807, 2.05) is 13.8 Å². The Morgan fingerprint density at radius 1 is 1.32 bits per heavy atom. The van der Waals surface area contributed by atoms with Gasteiger partial charge in [-0.05, 0) is 40.0 Å². The van der Waals surface area contributed by atoms with Crippen LogP contribution in [0.3, 0.4) is 0 Å². The van der Waals surface area contributed by atoms with Crippen LogP contribution in [0.2, 0.25) is 0 Å². The fourth-order valence-electron chi connectivity index (χ4n) is 4.09. The van der Waals surface area contributed by atoms with Crippen LogP contribution >= 0.6 is 11.3 Å². The van der Waals surface area contributed by atoms with Crippen molar-refractivity contribution < 1.29 is 19.2 Å². The smallest absolute Gasteiger partial charge is 0.290 e. The predicted molar refractivity (Wildman–Crippen MR) is 103 cm³/mol. The number of carbonyl (C=O) groups is 1. The minimum atomic E-state index is -0.833. The topological polar surface area (TPSA) is 114 Å². The van der Waals surface area contributed by atoms with Crippen molar-refractivity contribution in [2.24, 2.45) is 0 Å². The molecule has 2 aromatic heterocycles. The van der Waals surface area contributed by atoms with Gasteiger partial charge in [0, 0.05) is 25.8 Å². The van der Waals surface area contributed by atoms with E-state index in [1.165, 1.54) is 0 Å². The van der Waals surface area contributed by atoms with E-state index in [0.717, 1.165) is 23.2 Å². The average molecular weight is 407 g/mol. The highest BCUT2D eigenvalue weighted by Crippen LogP contribution is 2.41. The van der Waals surface area contributed by atoms with Crippen LogP contribution in [0.1, 0.15) is 47.4 Å². The van der Waals surface area contributed by atoms with Gasteiger partial charge < -0.3 is 24.6 Å². The number of piperidine rings is 1. The number of rotatable bonds is 3. The molecular weight excluding hydrogens is 382 g/mol. The lowest BCUT2D eigenvalue weighted by molar-refractivity contribution is -0.195. The van der Waals surface area contributed by atoms with E-state index < -0.39 is 17.2 Å². The minimum Gasteiger partial charge on any atom is -0.388 e. The molecule has 0 aliphatic carbocycles. The van der Waals surface area contributed by atoms with E-state index in [2.05, 4.69) is 25.6 Å². The molecule has 10 heteroatoms. The molecule has 28 heavy (non-hydrogen) atoms. The van der Waals surface area contributed by atoms with Crippen molar-refractivity contribution in [3.63, 3.8) is 0 Å². The minimum absolute atomic E-state index is 0.146. The van der Waals surface area contributed by atoms with Crippen molar-refractivity contribution in [1.29, 1.82) is 0 Å². The van der Waals surface area contributed by atoms with Crippen LogP contribution < -0.4 is 10.2 Å². The zero-order valence-electron chi connectivity index (χ0n) is 16.3. The third-order valence-corrected chi connectivity index (χ3v) is 6.66. The molecule has 1 amide bonds. The molecule has 2 saturated heterocycles. The molecule has 4 heterocycles.